The van der Waals surface area contributed by atoms with Gasteiger partial charge in [-0.3, -0.25) is 19.7 Å². The van der Waals surface area contributed by atoms with E-state index in [0.717, 1.165) is 4.88 Å². The molecule has 2 aromatic rings. The zero-order valence-corrected chi connectivity index (χ0v) is 13.1. The maximum Gasteiger partial charge on any atom is 0.310 e. The molecule has 0 saturated carbocycles. The van der Waals surface area contributed by atoms with E-state index in [1.165, 1.54) is 36.6 Å². The number of nitrogens with zero attached hydrogens (tertiary/aromatic N) is 1. The quantitative estimate of drug-likeness (QED) is 0.641. The van der Waals surface area contributed by atoms with Gasteiger partial charge in [-0.15, -0.1) is 11.3 Å². The number of nitrogens with one attached hydrogen (secondary N) is 1. The van der Waals surface area contributed by atoms with Crippen molar-refractivity contribution in [1.82, 2.24) is 0 Å². The second kappa shape index (κ2) is 6.44. The second-order valence-electron chi connectivity index (χ2n) is 4.56. The van der Waals surface area contributed by atoms with E-state index in [1.54, 1.807) is 13.0 Å². The molecule has 0 bridgehead atoms. The standard InChI is InChI=1S/C14H13N3O5S/c1-7-5-9(12(15)18)14(23-7)16-13(19)8-3-4-10(17(20)21)11(6-8)22-2/h3-6H,1-2H3,(H2,15,18)(H,16,19). The summed E-state index contributed by atoms with van der Waals surface area (Å²) in [6, 6.07) is 5.33. The molecular weight excluding hydrogens is 322 g/mol. The third-order valence-electron chi connectivity index (χ3n) is 2.99. The molecule has 1 heterocycles. The molecular formula is C14H13N3O5S. The first-order valence-electron chi connectivity index (χ1n) is 6.37. The molecule has 1 aromatic carbocycles. The van der Waals surface area contributed by atoms with E-state index in [9.17, 15) is 19.7 Å². The summed E-state index contributed by atoms with van der Waals surface area (Å²) in [5.74, 6) is -1.20. The van der Waals surface area contributed by atoms with Gasteiger partial charge in [0.1, 0.15) is 5.00 Å². The minimum Gasteiger partial charge on any atom is -0.490 e. The van der Waals surface area contributed by atoms with Crippen LogP contribution >= 0.6 is 11.3 Å². The van der Waals surface area contributed by atoms with Gasteiger partial charge >= 0.3 is 5.69 Å². The van der Waals surface area contributed by atoms with Gasteiger partial charge in [0.15, 0.2) is 5.75 Å². The van der Waals surface area contributed by atoms with Gasteiger partial charge < -0.3 is 15.8 Å². The summed E-state index contributed by atoms with van der Waals surface area (Å²) in [7, 11) is 1.28. The average Bonchev–Trinajstić information content (AvgIpc) is 2.87. The fourth-order valence-electron chi connectivity index (χ4n) is 1.94. The van der Waals surface area contributed by atoms with E-state index >= 15 is 0 Å². The monoisotopic (exact) mass is 335 g/mol. The highest BCUT2D eigenvalue weighted by molar-refractivity contribution is 7.16. The van der Waals surface area contributed by atoms with Gasteiger partial charge in [-0.05, 0) is 19.1 Å². The Morgan fingerprint density at radius 3 is 2.61 bits per heavy atom. The molecule has 23 heavy (non-hydrogen) atoms. The molecule has 0 saturated heterocycles. The number of ether oxygens (including phenoxy) is 1. The van der Waals surface area contributed by atoms with Crippen molar-refractivity contribution in [2.24, 2.45) is 5.73 Å². The number of primary amides is 1. The summed E-state index contributed by atoms with van der Waals surface area (Å²) in [6.07, 6.45) is 0. The van der Waals surface area contributed by atoms with Gasteiger partial charge in [0.25, 0.3) is 11.8 Å². The molecule has 0 atom stereocenters. The third kappa shape index (κ3) is 3.46. The van der Waals surface area contributed by atoms with E-state index < -0.39 is 16.7 Å². The molecule has 3 N–H and O–H groups in total. The Hall–Kier alpha value is -2.94. The lowest BCUT2D eigenvalue weighted by Crippen LogP contribution is -2.16. The van der Waals surface area contributed by atoms with Crippen molar-refractivity contribution in [3.63, 3.8) is 0 Å². The van der Waals surface area contributed by atoms with Crippen LogP contribution in [0.2, 0.25) is 0 Å². The van der Waals surface area contributed by atoms with E-state index in [0.29, 0.717) is 5.00 Å². The first-order chi connectivity index (χ1) is 10.8. The van der Waals surface area contributed by atoms with Crippen LogP contribution in [-0.4, -0.2) is 23.8 Å². The Bertz CT molecular complexity index is 800. The van der Waals surface area contributed by atoms with Crippen molar-refractivity contribution in [2.75, 3.05) is 12.4 Å². The molecule has 0 spiro atoms. The van der Waals surface area contributed by atoms with Crippen molar-refractivity contribution < 1.29 is 19.2 Å². The molecule has 1 aromatic heterocycles. The average molecular weight is 335 g/mol. The summed E-state index contributed by atoms with van der Waals surface area (Å²) < 4.78 is 4.92. The number of thiophene rings is 1. The molecule has 0 aliphatic heterocycles. The summed E-state index contributed by atoms with van der Waals surface area (Å²) in [6.45, 7) is 1.78. The lowest BCUT2D eigenvalue weighted by molar-refractivity contribution is -0.385. The largest absolute Gasteiger partial charge is 0.490 e. The summed E-state index contributed by atoms with van der Waals surface area (Å²) >= 11 is 1.21. The van der Waals surface area contributed by atoms with Crippen LogP contribution in [0.25, 0.3) is 0 Å². The molecule has 9 heteroatoms. The number of nitrogens with two attached hydrogens (primary N) is 1. The van der Waals surface area contributed by atoms with Crippen LogP contribution in [0.4, 0.5) is 10.7 Å². The Balaban J connectivity index is 2.31. The highest BCUT2D eigenvalue weighted by atomic mass is 32.1. The zero-order valence-electron chi connectivity index (χ0n) is 12.3. The Morgan fingerprint density at radius 1 is 1.35 bits per heavy atom. The predicted molar refractivity (Wildman–Crippen MR) is 85.2 cm³/mol. The molecule has 0 unspecified atom stereocenters. The molecule has 0 aliphatic rings. The van der Waals surface area contributed by atoms with Crippen LogP contribution in [-0.2, 0) is 0 Å². The van der Waals surface area contributed by atoms with Crippen LogP contribution in [0.3, 0.4) is 0 Å². The molecule has 8 nitrogen and oxygen atoms in total. The van der Waals surface area contributed by atoms with Gasteiger partial charge in [-0.1, -0.05) is 0 Å². The van der Waals surface area contributed by atoms with E-state index in [4.69, 9.17) is 10.5 Å². The van der Waals surface area contributed by atoms with E-state index in [1.807, 2.05) is 0 Å². The highest BCUT2D eigenvalue weighted by Gasteiger charge is 2.19. The molecule has 0 aliphatic carbocycles. The molecule has 0 fully saturated rings. The summed E-state index contributed by atoms with van der Waals surface area (Å²) in [5.41, 5.74) is 5.40. The highest BCUT2D eigenvalue weighted by Crippen LogP contribution is 2.30. The number of anilines is 1. The lowest BCUT2D eigenvalue weighted by Gasteiger charge is -2.07. The summed E-state index contributed by atoms with van der Waals surface area (Å²) in [4.78, 5) is 34.7. The SMILES string of the molecule is COc1cc(C(=O)Nc2sc(C)cc2C(N)=O)ccc1[N+](=O)[O-]. The number of rotatable bonds is 5. The fraction of sp³-hybridized carbons (Fsp3) is 0.143. The number of hydrogen-bond donors (Lipinski definition) is 2. The van der Waals surface area contributed by atoms with Gasteiger partial charge in [-0.2, -0.15) is 0 Å². The number of nitro benzene ring substituents is 1. The van der Waals surface area contributed by atoms with Crippen molar-refractivity contribution in [1.29, 1.82) is 0 Å². The number of benzene rings is 1. The Labute approximate surface area is 135 Å². The normalized spacial score (nSPS) is 10.2. The van der Waals surface area contributed by atoms with Gasteiger partial charge in [-0.25, -0.2) is 0 Å². The minimum absolute atomic E-state index is 0.0277. The fourth-order valence-corrected chi connectivity index (χ4v) is 2.85. The van der Waals surface area contributed by atoms with Crippen LogP contribution in [0.1, 0.15) is 25.6 Å². The predicted octanol–water partition coefficient (Wildman–Crippen LogP) is 2.32. The van der Waals surface area contributed by atoms with Crippen molar-refractivity contribution in [2.45, 2.75) is 6.92 Å². The van der Waals surface area contributed by atoms with E-state index in [2.05, 4.69) is 5.32 Å². The first-order valence-corrected chi connectivity index (χ1v) is 7.19. The number of nitro groups is 1. The zero-order chi connectivity index (χ0) is 17.1. The number of aryl methyl sites for hydroxylation is 1. The maximum atomic E-state index is 12.3. The number of amides is 2. The van der Waals surface area contributed by atoms with Gasteiger partial charge in [0.2, 0.25) is 0 Å². The third-order valence-corrected chi connectivity index (χ3v) is 3.95. The number of hydrogen-bond acceptors (Lipinski definition) is 6. The maximum absolute atomic E-state index is 12.3. The smallest absolute Gasteiger partial charge is 0.310 e. The minimum atomic E-state index is -0.647. The van der Waals surface area contributed by atoms with Crippen LogP contribution in [0.15, 0.2) is 24.3 Å². The van der Waals surface area contributed by atoms with Crippen LogP contribution in [0.5, 0.6) is 5.75 Å². The van der Waals surface area contributed by atoms with Crippen LogP contribution < -0.4 is 15.8 Å². The van der Waals surface area contributed by atoms with E-state index in [-0.39, 0.29) is 22.6 Å². The van der Waals surface area contributed by atoms with Gasteiger partial charge in [0, 0.05) is 22.6 Å². The number of carbonyl (C=O) groups excluding carboxylic acids is 2. The van der Waals surface area contributed by atoms with Crippen LogP contribution in [0, 0.1) is 17.0 Å². The molecule has 2 rings (SSSR count). The topological polar surface area (TPSA) is 125 Å². The number of carbonyl (C=O) groups is 2. The van der Waals surface area contributed by atoms with Gasteiger partial charge in [0.05, 0.1) is 17.6 Å². The second-order valence-corrected chi connectivity index (χ2v) is 5.82. The molecule has 0 radical (unpaired) electrons. The van der Waals surface area contributed by atoms with Crippen molar-refractivity contribution >= 4 is 33.8 Å². The summed E-state index contributed by atoms with van der Waals surface area (Å²) in [5, 5.41) is 13.8. The first kappa shape index (κ1) is 16.4. The lowest BCUT2D eigenvalue weighted by atomic mass is 10.1. The molecule has 120 valence electrons. The Morgan fingerprint density at radius 2 is 2.04 bits per heavy atom. The van der Waals surface area contributed by atoms with Crippen molar-refractivity contribution in [3.05, 3.63) is 50.4 Å². The number of methoxy groups -OCH3 is 1. The van der Waals surface area contributed by atoms with Crippen molar-refractivity contribution in [3.8, 4) is 5.75 Å². The molecule has 2 amide bonds. The Kier molecular flexibility index (Phi) is 4.60.